The number of carbonyl (C=O) groups excluding carboxylic acids is 1. The van der Waals surface area contributed by atoms with Gasteiger partial charge in [-0.3, -0.25) is 4.79 Å². The molecule has 0 saturated heterocycles. The zero-order valence-corrected chi connectivity index (χ0v) is 11.2. The van der Waals surface area contributed by atoms with Gasteiger partial charge in [0, 0.05) is 4.47 Å². The molecule has 0 atom stereocenters. The van der Waals surface area contributed by atoms with Crippen LogP contribution in [-0.4, -0.2) is 10.9 Å². The van der Waals surface area contributed by atoms with E-state index >= 15 is 0 Å². The monoisotopic (exact) mass is 308 g/mol. The van der Waals surface area contributed by atoms with Crippen LogP contribution in [0.25, 0.3) is 0 Å². The molecule has 1 amide bonds. The highest BCUT2D eigenvalue weighted by Crippen LogP contribution is 2.23. The zero-order valence-electron chi connectivity index (χ0n) is 9.58. The molecule has 2 rings (SSSR count). The van der Waals surface area contributed by atoms with E-state index in [2.05, 4.69) is 26.2 Å². The molecule has 1 aromatic heterocycles. The van der Waals surface area contributed by atoms with Gasteiger partial charge in [-0.1, -0.05) is 12.1 Å². The lowest BCUT2D eigenvalue weighted by molar-refractivity contribution is 0.102. The van der Waals surface area contributed by atoms with Crippen LogP contribution >= 0.6 is 15.9 Å². The van der Waals surface area contributed by atoms with Crippen molar-refractivity contribution in [2.75, 3.05) is 5.32 Å². The van der Waals surface area contributed by atoms with Crippen molar-refractivity contribution in [2.45, 2.75) is 6.92 Å². The Balaban J connectivity index is 2.24. The van der Waals surface area contributed by atoms with Gasteiger partial charge >= 0.3 is 0 Å². The van der Waals surface area contributed by atoms with Crippen LogP contribution in [0.1, 0.15) is 16.1 Å². The number of halogens is 2. The fourth-order valence-corrected chi connectivity index (χ4v) is 1.80. The number of aryl methyl sites for hydroxylation is 1. The van der Waals surface area contributed by atoms with Crippen molar-refractivity contribution < 1.29 is 9.18 Å². The van der Waals surface area contributed by atoms with Crippen molar-refractivity contribution >= 4 is 27.5 Å². The lowest BCUT2D eigenvalue weighted by Crippen LogP contribution is -2.14. The van der Waals surface area contributed by atoms with Crippen LogP contribution in [0.15, 0.2) is 40.9 Å². The molecule has 1 N–H and O–H groups in total. The number of amides is 1. The maximum absolute atomic E-state index is 12.9. The number of nitrogens with one attached hydrogen (secondary N) is 1. The third-order valence-corrected chi connectivity index (χ3v) is 3.01. The average Bonchev–Trinajstić information content (AvgIpc) is 2.34. The minimum atomic E-state index is -0.675. The maximum Gasteiger partial charge on any atom is 0.274 e. The van der Waals surface area contributed by atoms with Crippen molar-refractivity contribution in [3.8, 4) is 0 Å². The quantitative estimate of drug-likeness (QED) is 0.862. The van der Waals surface area contributed by atoms with Gasteiger partial charge in [-0.2, -0.15) is 4.39 Å². The highest BCUT2D eigenvalue weighted by Gasteiger charge is 2.10. The van der Waals surface area contributed by atoms with Crippen molar-refractivity contribution in [1.82, 2.24) is 4.98 Å². The van der Waals surface area contributed by atoms with Gasteiger partial charge in [0.15, 0.2) is 0 Å². The molecule has 0 unspecified atom stereocenters. The average molecular weight is 309 g/mol. The number of hydrogen-bond donors (Lipinski definition) is 1. The molecule has 0 aliphatic heterocycles. The van der Waals surface area contributed by atoms with E-state index in [1.54, 1.807) is 0 Å². The van der Waals surface area contributed by atoms with E-state index in [1.165, 1.54) is 18.2 Å². The predicted molar refractivity (Wildman–Crippen MR) is 71.0 cm³/mol. The van der Waals surface area contributed by atoms with Crippen LogP contribution in [0.3, 0.4) is 0 Å². The lowest BCUT2D eigenvalue weighted by Gasteiger charge is -2.07. The Morgan fingerprint density at radius 2 is 2.11 bits per heavy atom. The molecule has 0 aliphatic rings. The summed E-state index contributed by atoms with van der Waals surface area (Å²) >= 11 is 3.34. The smallest absolute Gasteiger partial charge is 0.274 e. The SMILES string of the molecule is Cc1ccc(Br)c(NC(=O)c2cccc(F)n2)c1. The summed E-state index contributed by atoms with van der Waals surface area (Å²) < 4.78 is 13.7. The van der Waals surface area contributed by atoms with Crippen molar-refractivity contribution in [2.24, 2.45) is 0 Å². The van der Waals surface area contributed by atoms with Gasteiger partial charge < -0.3 is 5.32 Å². The summed E-state index contributed by atoms with van der Waals surface area (Å²) in [5.74, 6) is -1.12. The molecule has 18 heavy (non-hydrogen) atoms. The predicted octanol–water partition coefficient (Wildman–Crippen LogP) is 3.54. The van der Waals surface area contributed by atoms with Crippen LogP contribution in [-0.2, 0) is 0 Å². The Morgan fingerprint density at radius 1 is 1.33 bits per heavy atom. The summed E-state index contributed by atoms with van der Waals surface area (Å²) in [7, 11) is 0. The summed E-state index contributed by atoms with van der Waals surface area (Å²) in [6.45, 7) is 1.92. The first kappa shape index (κ1) is 12.7. The van der Waals surface area contributed by atoms with Gasteiger partial charge in [0.05, 0.1) is 5.69 Å². The molecule has 0 fully saturated rings. The number of anilines is 1. The van der Waals surface area contributed by atoms with Gasteiger partial charge in [-0.25, -0.2) is 4.98 Å². The van der Waals surface area contributed by atoms with Gasteiger partial charge in [0.1, 0.15) is 5.69 Å². The van der Waals surface area contributed by atoms with E-state index in [0.717, 1.165) is 10.0 Å². The van der Waals surface area contributed by atoms with E-state index in [4.69, 9.17) is 0 Å². The number of pyridine rings is 1. The second kappa shape index (κ2) is 5.27. The molecule has 0 spiro atoms. The minimum absolute atomic E-state index is 0.0448. The highest BCUT2D eigenvalue weighted by molar-refractivity contribution is 9.10. The second-order valence-electron chi connectivity index (χ2n) is 3.78. The summed E-state index contributed by atoms with van der Waals surface area (Å²) in [5.41, 5.74) is 1.69. The number of hydrogen-bond acceptors (Lipinski definition) is 2. The molecule has 0 bridgehead atoms. The summed E-state index contributed by atoms with van der Waals surface area (Å²) in [6.07, 6.45) is 0. The standard InChI is InChI=1S/C13H10BrFN2O/c1-8-5-6-9(14)11(7-8)17-13(18)10-3-2-4-12(15)16-10/h2-7H,1H3,(H,17,18). The van der Waals surface area contributed by atoms with E-state index < -0.39 is 11.9 Å². The zero-order chi connectivity index (χ0) is 13.1. The first-order valence-corrected chi connectivity index (χ1v) is 6.05. The molecular weight excluding hydrogens is 299 g/mol. The van der Waals surface area contributed by atoms with E-state index in [9.17, 15) is 9.18 Å². The molecule has 2 aromatic rings. The molecule has 92 valence electrons. The Bertz CT molecular complexity index is 601. The second-order valence-corrected chi connectivity index (χ2v) is 4.64. The van der Waals surface area contributed by atoms with Gasteiger partial charge in [0.2, 0.25) is 5.95 Å². The Kier molecular flexibility index (Phi) is 3.72. The minimum Gasteiger partial charge on any atom is -0.320 e. The van der Waals surface area contributed by atoms with Crippen molar-refractivity contribution in [3.05, 3.63) is 58.1 Å². The van der Waals surface area contributed by atoms with Crippen LogP contribution in [0.2, 0.25) is 0 Å². The number of rotatable bonds is 2. The Morgan fingerprint density at radius 3 is 2.83 bits per heavy atom. The van der Waals surface area contributed by atoms with Crippen molar-refractivity contribution in [3.63, 3.8) is 0 Å². The number of benzene rings is 1. The first-order valence-electron chi connectivity index (χ1n) is 5.26. The molecule has 0 aliphatic carbocycles. The van der Waals surface area contributed by atoms with Gasteiger partial charge in [0.25, 0.3) is 5.91 Å². The largest absolute Gasteiger partial charge is 0.320 e. The van der Waals surface area contributed by atoms with E-state index in [0.29, 0.717) is 5.69 Å². The Hall–Kier alpha value is -1.75. The fourth-order valence-electron chi connectivity index (χ4n) is 1.46. The van der Waals surface area contributed by atoms with Gasteiger partial charge in [-0.15, -0.1) is 0 Å². The normalized spacial score (nSPS) is 10.2. The van der Waals surface area contributed by atoms with Gasteiger partial charge in [-0.05, 0) is 52.7 Å². The Labute approximate surface area is 112 Å². The van der Waals surface area contributed by atoms with Crippen LogP contribution in [0.5, 0.6) is 0 Å². The summed E-state index contributed by atoms with van der Waals surface area (Å²) in [4.78, 5) is 15.4. The molecule has 3 nitrogen and oxygen atoms in total. The van der Waals surface area contributed by atoms with Crippen molar-refractivity contribution in [1.29, 1.82) is 0 Å². The maximum atomic E-state index is 12.9. The third kappa shape index (κ3) is 2.92. The number of nitrogens with zero attached hydrogens (tertiary/aromatic N) is 1. The first-order chi connectivity index (χ1) is 8.56. The van der Waals surface area contributed by atoms with E-state index in [-0.39, 0.29) is 5.69 Å². The number of aromatic nitrogens is 1. The molecule has 0 radical (unpaired) electrons. The van der Waals surface area contributed by atoms with Crippen LogP contribution in [0.4, 0.5) is 10.1 Å². The fraction of sp³-hybridized carbons (Fsp3) is 0.0769. The lowest BCUT2D eigenvalue weighted by atomic mass is 10.2. The molecule has 5 heteroatoms. The van der Waals surface area contributed by atoms with E-state index in [1.807, 2.05) is 25.1 Å². The third-order valence-electron chi connectivity index (χ3n) is 2.32. The highest BCUT2D eigenvalue weighted by atomic mass is 79.9. The molecule has 1 heterocycles. The summed E-state index contributed by atoms with van der Waals surface area (Å²) in [6, 6.07) is 9.68. The van der Waals surface area contributed by atoms with Crippen LogP contribution < -0.4 is 5.32 Å². The molecule has 1 aromatic carbocycles. The molecular formula is C13H10BrFN2O. The summed E-state index contributed by atoms with van der Waals surface area (Å²) in [5, 5.41) is 2.68. The van der Waals surface area contributed by atoms with Crippen LogP contribution in [0, 0.1) is 12.9 Å². The molecule has 0 saturated carbocycles. The topological polar surface area (TPSA) is 42.0 Å². The number of carbonyl (C=O) groups is 1.